The predicted octanol–water partition coefficient (Wildman–Crippen LogP) is 2.91. The summed E-state index contributed by atoms with van der Waals surface area (Å²) in [6.07, 6.45) is -3.10. The van der Waals surface area contributed by atoms with Gasteiger partial charge in [0, 0.05) is 18.0 Å². The second-order valence-electron chi connectivity index (χ2n) is 4.56. The Hall–Kier alpha value is -2.29. The lowest BCUT2D eigenvalue weighted by Gasteiger charge is -2.12. The van der Waals surface area contributed by atoms with Crippen LogP contribution in [0.1, 0.15) is 12.5 Å². The minimum Gasteiger partial charge on any atom is -0.325 e. The maximum Gasteiger partial charge on any atom is 0.416 e. The van der Waals surface area contributed by atoms with Gasteiger partial charge in [0.2, 0.25) is 5.91 Å². The normalized spacial score (nSPS) is 12.7. The second-order valence-corrected chi connectivity index (χ2v) is 5.89. The Bertz CT molecular complexity index is 744. The van der Waals surface area contributed by atoms with E-state index in [2.05, 4.69) is 15.3 Å². The Labute approximate surface area is 133 Å². The average molecular weight is 343 g/mol. The number of nitrogens with one attached hydrogen (secondary N) is 2. The maximum absolute atomic E-state index is 12.5. The summed E-state index contributed by atoms with van der Waals surface area (Å²) in [7, 11) is 0. The number of hydrogen-bond acceptors (Lipinski definition) is 4. The van der Waals surface area contributed by atoms with Crippen molar-refractivity contribution in [2.24, 2.45) is 0 Å². The first-order chi connectivity index (χ1) is 10.8. The fraction of sp³-hybridized carbons (Fsp3) is 0.214. The molecule has 1 aromatic heterocycles. The van der Waals surface area contributed by atoms with Crippen molar-refractivity contribution in [3.05, 3.63) is 52.4 Å². The molecule has 23 heavy (non-hydrogen) atoms. The molecule has 0 saturated carbocycles. The van der Waals surface area contributed by atoms with E-state index < -0.39 is 22.9 Å². The van der Waals surface area contributed by atoms with E-state index in [9.17, 15) is 22.8 Å². The summed E-state index contributed by atoms with van der Waals surface area (Å²) in [6.45, 7) is 1.59. The lowest BCUT2D eigenvalue weighted by atomic mass is 10.2. The van der Waals surface area contributed by atoms with Crippen LogP contribution in [-0.4, -0.2) is 21.1 Å². The zero-order valence-corrected chi connectivity index (χ0v) is 12.7. The highest BCUT2D eigenvalue weighted by atomic mass is 32.2. The van der Waals surface area contributed by atoms with Crippen molar-refractivity contribution >= 4 is 23.4 Å². The van der Waals surface area contributed by atoms with E-state index in [0.717, 1.165) is 23.9 Å². The number of carbonyl (C=O) groups excluding carboxylic acids is 1. The number of nitrogens with zero attached hydrogens (tertiary/aromatic N) is 1. The molecule has 1 aromatic carbocycles. The number of benzene rings is 1. The molecular formula is C14H12F3N3O2S. The van der Waals surface area contributed by atoms with Crippen LogP contribution in [0.5, 0.6) is 0 Å². The molecule has 2 aromatic rings. The number of aromatic amines is 1. The standard InChI is InChI=1S/C14H12F3N3O2S/c1-8(23-13-18-7-6-11(21)20-13)12(22)19-10-4-2-9(3-5-10)14(15,16)17/h2-8H,1H3,(H,19,22)(H,18,20,21)/t8-/m0/s1. The molecule has 0 radical (unpaired) electrons. The van der Waals surface area contributed by atoms with Gasteiger partial charge in [0.05, 0.1) is 10.8 Å². The number of carbonyl (C=O) groups is 1. The molecule has 0 aliphatic heterocycles. The number of rotatable bonds is 4. The van der Waals surface area contributed by atoms with Gasteiger partial charge < -0.3 is 10.3 Å². The minimum atomic E-state index is -4.42. The Kier molecular flexibility index (Phi) is 5.09. The monoisotopic (exact) mass is 343 g/mol. The van der Waals surface area contributed by atoms with Gasteiger partial charge >= 0.3 is 6.18 Å². The number of H-pyrrole nitrogens is 1. The molecular weight excluding hydrogens is 331 g/mol. The van der Waals surface area contributed by atoms with Gasteiger partial charge in [-0.05, 0) is 31.2 Å². The highest BCUT2D eigenvalue weighted by molar-refractivity contribution is 8.00. The zero-order valence-electron chi connectivity index (χ0n) is 11.8. The van der Waals surface area contributed by atoms with Crippen LogP contribution in [0.4, 0.5) is 18.9 Å². The van der Waals surface area contributed by atoms with E-state index in [-0.39, 0.29) is 16.4 Å². The third-order valence-electron chi connectivity index (χ3n) is 2.79. The Morgan fingerprint density at radius 2 is 1.91 bits per heavy atom. The fourth-order valence-electron chi connectivity index (χ4n) is 1.62. The van der Waals surface area contributed by atoms with Gasteiger partial charge in [0.1, 0.15) is 0 Å². The molecule has 1 amide bonds. The Balaban J connectivity index is 1.99. The van der Waals surface area contributed by atoms with E-state index in [1.54, 1.807) is 6.92 Å². The van der Waals surface area contributed by atoms with Crippen molar-refractivity contribution in [2.45, 2.75) is 23.5 Å². The quantitative estimate of drug-likeness (QED) is 0.661. The van der Waals surface area contributed by atoms with Crippen LogP contribution in [0.15, 0.2) is 46.5 Å². The number of aromatic nitrogens is 2. The number of anilines is 1. The van der Waals surface area contributed by atoms with E-state index in [1.165, 1.54) is 24.4 Å². The van der Waals surface area contributed by atoms with E-state index >= 15 is 0 Å². The molecule has 0 aliphatic carbocycles. The largest absolute Gasteiger partial charge is 0.416 e. The van der Waals surface area contributed by atoms with Crippen LogP contribution in [0.3, 0.4) is 0 Å². The van der Waals surface area contributed by atoms with Crippen molar-refractivity contribution < 1.29 is 18.0 Å². The molecule has 2 N–H and O–H groups in total. The first-order valence-corrected chi connectivity index (χ1v) is 7.34. The van der Waals surface area contributed by atoms with Gasteiger partial charge in [-0.25, -0.2) is 4.98 Å². The Morgan fingerprint density at radius 1 is 1.26 bits per heavy atom. The van der Waals surface area contributed by atoms with Crippen LogP contribution in [-0.2, 0) is 11.0 Å². The maximum atomic E-state index is 12.5. The molecule has 122 valence electrons. The van der Waals surface area contributed by atoms with E-state index in [0.29, 0.717) is 0 Å². The number of alkyl halides is 3. The lowest BCUT2D eigenvalue weighted by Crippen LogP contribution is -2.23. The summed E-state index contributed by atoms with van der Waals surface area (Å²) >= 11 is 1.03. The minimum absolute atomic E-state index is 0.255. The summed E-state index contributed by atoms with van der Waals surface area (Å²) in [6, 6.07) is 5.39. The molecule has 0 spiro atoms. The summed E-state index contributed by atoms with van der Waals surface area (Å²) in [5.41, 5.74) is -0.869. The molecule has 0 saturated heterocycles. The molecule has 1 atom stereocenters. The number of amides is 1. The molecule has 5 nitrogen and oxygen atoms in total. The van der Waals surface area contributed by atoms with Crippen molar-refractivity contribution in [1.29, 1.82) is 0 Å². The van der Waals surface area contributed by atoms with E-state index in [1.807, 2.05) is 0 Å². The number of hydrogen-bond donors (Lipinski definition) is 2. The number of halogens is 3. The topological polar surface area (TPSA) is 74.8 Å². The van der Waals surface area contributed by atoms with Gasteiger partial charge in [-0.15, -0.1) is 0 Å². The van der Waals surface area contributed by atoms with Crippen molar-refractivity contribution in [3.8, 4) is 0 Å². The first-order valence-electron chi connectivity index (χ1n) is 6.46. The smallest absolute Gasteiger partial charge is 0.325 e. The van der Waals surface area contributed by atoms with Gasteiger partial charge in [0.15, 0.2) is 5.16 Å². The van der Waals surface area contributed by atoms with Crippen molar-refractivity contribution in [3.63, 3.8) is 0 Å². The average Bonchev–Trinajstić information content (AvgIpc) is 2.46. The van der Waals surface area contributed by atoms with Crippen LogP contribution in [0.25, 0.3) is 0 Å². The SMILES string of the molecule is C[C@H](Sc1nccc(=O)[nH]1)C(=O)Nc1ccc(C(F)(F)F)cc1. The van der Waals surface area contributed by atoms with Crippen LogP contribution in [0, 0.1) is 0 Å². The first kappa shape index (κ1) is 17.1. The third-order valence-corrected chi connectivity index (χ3v) is 3.78. The zero-order chi connectivity index (χ0) is 17.0. The summed E-state index contributed by atoms with van der Waals surface area (Å²) in [5, 5.41) is 2.20. The van der Waals surface area contributed by atoms with E-state index in [4.69, 9.17) is 0 Å². The van der Waals surface area contributed by atoms with Gasteiger partial charge in [-0.2, -0.15) is 13.2 Å². The summed E-state index contributed by atoms with van der Waals surface area (Å²) in [5.74, 6) is -0.415. The molecule has 0 aliphatic rings. The molecule has 9 heteroatoms. The summed E-state index contributed by atoms with van der Waals surface area (Å²) < 4.78 is 37.4. The lowest BCUT2D eigenvalue weighted by molar-refractivity contribution is -0.137. The molecule has 1 heterocycles. The molecule has 0 unspecified atom stereocenters. The molecule has 0 fully saturated rings. The second kappa shape index (κ2) is 6.86. The third kappa shape index (κ3) is 4.85. The van der Waals surface area contributed by atoms with Crippen LogP contribution < -0.4 is 10.9 Å². The van der Waals surface area contributed by atoms with Crippen molar-refractivity contribution in [2.75, 3.05) is 5.32 Å². The van der Waals surface area contributed by atoms with Gasteiger partial charge in [-0.1, -0.05) is 11.8 Å². The fourth-order valence-corrected chi connectivity index (χ4v) is 2.40. The van der Waals surface area contributed by atoms with Gasteiger partial charge in [0.25, 0.3) is 5.56 Å². The predicted molar refractivity (Wildman–Crippen MR) is 80.3 cm³/mol. The highest BCUT2D eigenvalue weighted by Gasteiger charge is 2.30. The highest BCUT2D eigenvalue weighted by Crippen LogP contribution is 2.30. The summed E-state index contributed by atoms with van der Waals surface area (Å²) in [4.78, 5) is 29.5. The van der Waals surface area contributed by atoms with Crippen molar-refractivity contribution in [1.82, 2.24) is 9.97 Å². The molecule has 2 rings (SSSR count). The van der Waals surface area contributed by atoms with Gasteiger partial charge in [-0.3, -0.25) is 9.59 Å². The van der Waals surface area contributed by atoms with Crippen LogP contribution >= 0.6 is 11.8 Å². The molecule has 0 bridgehead atoms. The Morgan fingerprint density at radius 3 is 2.48 bits per heavy atom. The number of thioether (sulfide) groups is 1. The van der Waals surface area contributed by atoms with Crippen LogP contribution in [0.2, 0.25) is 0 Å².